The van der Waals surface area contributed by atoms with Crippen LogP contribution >= 0.6 is 34.2 Å². The van der Waals surface area contributed by atoms with Crippen molar-refractivity contribution in [1.82, 2.24) is 10.7 Å². The smallest absolute Gasteiger partial charge is 0.259 e. The quantitative estimate of drug-likeness (QED) is 0.433. The zero-order chi connectivity index (χ0) is 15.9. The number of hydrazone groups is 1. The molecule has 0 saturated carbocycles. The Hall–Kier alpha value is -1.87. The lowest BCUT2D eigenvalue weighted by Gasteiger charge is -2.04. The number of nitrogens with one attached hydrogen (secondary N) is 2. The molecule has 114 valence electrons. The number of carbonyl (C=O) groups is 2. The van der Waals surface area contributed by atoms with Gasteiger partial charge < -0.3 is 9.73 Å². The van der Waals surface area contributed by atoms with Gasteiger partial charge in [0, 0.05) is 10.6 Å². The van der Waals surface area contributed by atoms with Crippen LogP contribution in [0.15, 0.2) is 45.9 Å². The van der Waals surface area contributed by atoms with Gasteiger partial charge in [0.05, 0.1) is 12.8 Å². The van der Waals surface area contributed by atoms with Crippen molar-refractivity contribution >= 4 is 52.2 Å². The first kappa shape index (κ1) is 16.5. The van der Waals surface area contributed by atoms with E-state index in [1.165, 1.54) is 6.21 Å². The van der Waals surface area contributed by atoms with Crippen LogP contribution in [0.5, 0.6) is 0 Å². The lowest BCUT2D eigenvalue weighted by molar-refractivity contribution is -0.120. The monoisotopic (exact) mass is 431 g/mol. The maximum Gasteiger partial charge on any atom is 0.259 e. The molecule has 8 heteroatoms. The van der Waals surface area contributed by atoms with Crippen molar-refractivity contribution in [2.45, 2.75) is 0 Å². The van der Waals surface area contributed by atoms with Crippen molar-refractivity contribution in [2.75, 3.05) is 6.54 Å². The molecule has 0 bridgehead atoms. The fourth-order valence-electron chi connectivity index (χ4n) is 1.47. The molecule has 2 amide bonds. The minimum absolute atomic E-state index is 0.186. The Morgan fingerprint density at radius 1 is 1.23 bits per heavy atom. The highest BCUT2D eigenvalue weighted by Crippen LogP contribution is 2.09. The molecule has 6 nitrogen and oxygen atoms in total. The third kappa shape index (κ3) is 5.15. The molecule has 0 aliphatic heterocycles. The number of nitrogens with zero attached hydrogens (tertiary/aromatic N) is 1. The number of furan rings is 1. The van der Waals surface area contributed by atoms with E-state index < -0.39 is 5.91 Å². The second-order valence-electron chi connectivity index (χ2n) is 4.12. The molecule has 0 fully saturated rings. The summed E-state index contributed by atoms with van der Waals surface area (Å²) in [6.45, 7) is -0.186. The third-order valence-corrected chi connectivity index (χ3v) is 3.32. The van der Waals surface area contributed by atoms with E-state index >= 15 is 0 Å². The van der Waals surface area contributed by atoms with Gasteiger partial charge in [-0.05, 0) is 59.0 Å². The highest BCUT2D eigenvalue weighted by atomic mass is 127. The third-order valence-electron chi connectivity index (χ3n) is 2.49. The summed E-state index contributed by atoms with van der Waals surface area (Å²) in [6, 6.07) is 9.85. The van der Waals surface area contributed by atoms with Crippen LogP contribution in [-0.2, 0) is 4.79 Å². The maximum atomic E-state index is 11.8. The second kappa shape index (κ2) is 7.95. The summed E-state index contributed by atoms with van der Waals surface area (Å²) in [5.41, 5.74) is 2.71. The first-order valence-electron chi connectivity index (χ1n) is 6.15. The topological polar surface area (TPSA) is 83.7 Å². The highest BCUT2D eigenvalue weighted by Gasteiger charge is 2.07. The fourth-order valence-corrected chi connectivity index (χ4v) is 2.03. The number of hydrogen-bond donors (Lipinski definition) is 2. The van der Waals surface area contributed by atoms with E-state index in [-0.39, 0.29) is 12.5 Å². The summed E-state index contributed by atoms with van der Waals surface area (Å²) in [7, 11) is 0. The summed E-state index contributed by atoms with van der Waals surface area (Å²) in [5, 5.41) is 6.74. The SMILES string of the molecule is O=C(CNC(=O)c1ccc(Cl)cc1)NN=Cc1ccc(I)o1. The van der Waals surface area contributed by atoms with E-state index in [4.69, 9.17) is 16.0 Å². The maximum absolute atomic E-state index is 11.8. The van der Waals surface area contributed by atoms with Crippen LogP contribution in [0.4, 0.5) is 0 Å². The van der Waals surface area contributed by atoms with Crippen molar-refractivity contribution in [1.29, 1.82) is 0 Å². The first-order valence-corrected chi connectivity index (χ1v) is 7.61. The van der Waals surface area contributed by atoms with E-state index in [2.05, 4.69) is 15.8 Å². The molecule has 0 saturated heterocycles. The van der Waals surface area contributed by atoms with Gasteiger partial charge in [-0.15, -0.1) is 0 Å². The second-order valence-corrected chi connectivity index (χ2v) is 5.62. The number of amides is 2. The number of halogens is 2. The van der Waals surface area contributed by atoms with Crippen LogP contribution in [0.3, 0.4) is 0 Å². The molecule has 0 atom stereocenters. The average molecular weight is 432 g/mol. The Kier molecular flexibility index (Phi) is 5.96. The standard InChI is InChI=1S/C14H11ClIN3O3/c15-10-3-1-9(2-4-10)14(21)17-8-13(20)19-18-7-11-5-6-12(16)22-11/h1-7H,8H2,(H,17,21)(H,19,20). The van der Waals surface area contributed by atoms with Crippen LogP contribution in [0, 0.1) is 3.77 Å². The highest BCUT2D eigenvalue weighted by molar-refractivity contribution is 14.1. The molecule has 0 spiro atoms. The molecule has 22 heavy (non-hydrogen) atoms. The van der Waals surface area contributed by atoms with Crippen molar-refractivity contribution < 1.29 is 14.0 Å². The number of rotatable bonds is 5. The van der Waals surface area contributed by atoms with Gasteiger partial charge in [0.2, 0.25) is 0 Å². The molecular weight excluding hydrogens is 421 g/mol. The Bertz CT molecular complexity index is 698. The van der Waals surface area contributed by atoms with Crippen molar-refractivity contribution in [3.8, 4) is 0 Å². The van der Waals surface area contributed by atoms with Crippen LogP contribution in [0.1, 0.15) is 16.1 Å². The first-order chi connectivity index (χ1) is 10.5. The van der Waals surface area contributed by atoms with Crippen molar-refractivity contribution in [3.63, 3.8) is 0 Å². The Morgan fingerprint density at radius 2 is 1.95 bits per heavy atom. The summed E-state index contributed by atoms with van der Waals surface area (Å²) in [5.74, 6) is -0.286. The minimum atomic E-state index is -0.445. The van der Waals surface area contributed by atoms with Gasteiger partial charge in [-0.3, -0.25) is 9.59 Å². The molecule has 0 unspecified atom stereocenters. The minimum Gasteiger partial charge on any atom is -0.449 e. The molecule has 1 aromatic carbocycles. The van der Waals surface area contributed by atoms with Crippen LogP contribution in [0.2, 0.25) is 5.02 Å². The van der Waals surface area contributed by atoms with Gasteiger partial charge in [0.1, 0.15) is 5.76 Å². The summed E-state index contributed by atoms with van der Waals surface area (Å²) in [6.07, 6.45) is 1.38. The van der Waals surface area contributed by atoms with Gasteiger partial charge in [-0.1, -0.05) is 11.6 Å². The summed E-state index contributed by atoms with van der Waals surface area (Å²) < 4.78 is 5.96. The molecule has 2 aromatic rings. The molecule has 1 heterocycles. The largest absolute Gasteiger partial charge is 0.449 e. The van der Waals surface area contributed by atoms with E-state index in [0.717, 1.165) is 3.77 Å². The van der Waals surface area contributed by atoms with Gasteiger partial charge in [-0.2, -0.15) is 5.10 Å². The normalized spacial score (nSPS) is 10.6. The predicted molar refractivity (Wildman–Crippen MR) is 90.9 cm³/mol. The molecule has 1 aromatic heterocycles. The zero-order valence-electron chi connectivity index (χ0n) is 11.2. The van der Waals surface area contributed by atoms with E-state index in [0.29, 0.717) is 16.3 Å². The average Bonchev–Trinajstić information content (AvgIpc) is 2.91. The van der Waals surface area contributed by atoms with Crippen LogP contribution in [0.25, 0.3) is 0 Å². The van der Waals surface area contributed by atoms with Crippen LogP contribution < -0.4 is 10.7 Å². The van der Waals surface area contributed by atoms with Gasteiger partial charge in [-0.25, -0.2) is 5.43 Å². The number of carbonyl (C=O) groups excluding carboxylic acids is 2. The number of benzene rings is 1. The van der Waals surface area contributed by atoms with Gasteiger partial charge in [0.25, 0.3) is 11.8 Å². The molecular formula is C14H11ClIN3O3. The summed E-state index contributed by atoms with van der Waals surface area (Å²) >= 11 is 7.76. The van der Waals surface area contributed by atoms with Crippen molar-refractivity contribution in [3.05, 3.63) is 56.5 Å². The molecule has 2 N–H and O–H groups in total. The number of hydrogen-bond acceptors (Lipinski definition) is 4. The molecule has 0 aliphatic carbocycles. The van der Waals surface area contributed by atoms with E-state index in [1.54, 1.807) is 36.4 Å². The zero-order valence-corrected chi connectivity index (χ0v) is 14.1. The molecule has 0 aliphatic rings. The molecule has 0 radical (unpaired) electrons. The Morgan fingerprint density at radius 3 is 2.59 bits per heavy atom. The van der Waals surface area contributed by atoms with Gasteiger partial charge in [0.15, 0.2) is 3.77 Å². The Labute approximate surface area is 145 Å². The van der Waals surface area contributed by atoms with Crippen LogP contribution in [-0.4, -0.2) is 24.6 Å². The Balaban J connectivity index is 1.76. The fraction of sp³-hybridized carbons (Fsp3) is 0.0714. The summed E-state index contributed by atoms with van der Waals surface area (Å²) in [4.78, 5) is 23.3. The predicted octanol–water partition coefficient (Wildman–Crippen LogP) is 2.42. The lowest BCUT2D eigenvalue weighted by Crippen LogP contribution is -2.34. The lowest BCUT2D eigenvalue weighted by atomic mass is 10.2. The van der Waals surface area contributed by atoms with E-state index in [9.17, 15) is 9.59 Å². The van der Waals surface area contributed by atoms with Crippen molar-refractivity contribution in [2.24, 2.45) is 5.10 Å². The van der Waals surface area contributed by atoms with Gasteiger partial charge >= 0.3 is 0 Å². The van der Waals surface area contributed by atoms with E-state index in [1.807, 2.05) is 22.6 Å². The molecule has 2 rings (SSSR count).